The number of hydrogen-bond acceptors (Lipinski definition) is 6. The Bertz CT molecular complexity index is 1210. The van der Waals surface area contributed by atoms with Gasteiger partial charge in [-0.25, -0.2) is 4.39 Å². The van der Waals surface area contributed by atoms with Gasteiger partial charge in [0, 0.05) is 24.4 Å². The average Bonchev–Trinajstić information content (AvgIpc) is 3.35. The number of amides is 2. The van der Waals surface area contributed by atoms with Gasteiger partial charge >= 0.3 is 0 Å². The summed E-state index contributed by atoms with van der Waals surface area (Å²) in [6, 6.07) is 11.8. The van der Waals surface area contributed by atoms with E-state index < -0.39 is 6.10 Å². The molecule has 9 heteroatoms. The molecule has 0 aliphatic carbocycles. The highest BCUT2D eigenvalue weighted by molar-refractivity contribution is 5.97. The van der Waals surface area contributed by atoms with Crippen LogP contribution in [0.3, 0.4) is 0 Å². The number of nitrogens with zero attached hydrogens (tertiary/aromatic N) is 3. The smallest absolute Gasteiger partial charge is 0.263 e. The van der Waals surface area contributed by atoms with Crippen LogP contribution in [0.5, 0.6) is 5.75 Å². The van der Waals surface area contributed by atoms with Crippen molar-refractivity contribution in [3.63, 3.8) is 0 Å². The molecule has 0 spiro atoms. The van der Waals surface area contributed by atoms with Crippen molar-refractivity contribution in [3.8, 4) is 17.1 Å². The van der Waals surface area contributed by atoms with Crippen LogP contribution in [0.1, 0.15) is 44.6 Å². The number of para-hydroxylation sites is 2. The molecule has 0 radical (unpaired) electrons. The van der Waals surface area contributed by atoms with Gasteiger partial charge in [0.05, 0.1) is 12.2 Å². The van der Waals surface area contributed by atoms with E-state index in [2.05, 4.69) is 15.5 Å². The first kappa shape index (κ1) is 24.4. The van der Waals surface area contributed by atoms with Gasteiger partial charge in [-0.1, -0.05) is 31.1 Å². The van der Waals surface area contributed by atoms with E-state index in [9.17, 15) is 14.0 Å². The van der Waals surface area contributed by atoms with E-state index >= 15 is 0 Å². The Morgan fingerprint density at radius 1 is 1.20 bits per heavy atom. The van der Waals surface area contributed by atoms with Crippen LogP contribution in [0, 0.1) is 12.7 Å². The molecule has 0 fully saturated rings. The summed E-state index contributed by atoms with van der Waals surface area (Å²) in [5.74, 6) is 0.412. The molecular formula is C26H29FN4O4. The zero-order valence-corrected chi connectivity index (χ0v) is 20.1. The Hall–Kier alpha value is -3.75. The average molecular weight is 481 g/mol. The van der Waals surface area contributed by atoms with Crippen LogP contribution in [0.25, 0.3) is 11.4 Å². The summed E-state index contributed by atoms with van der Waals surface area (Å²) >= 11 is 0. The molecule has 1 aromatic heterocycles. The summed E-state index contributed by atoms with van der Waals surface area (Å²) in [5, 5.41) is 6.96. The summed E-state index contributed by atoms with van der Waals surface area (Å²) in [7, 11) is 0. The maximum absolute atomic E-state index is 13.5. The van der Waals surface area contributed by atoms with Crippen LogP contribution in [-0.4, -0.2) is 40.6 Å². The zero-order chi connectivity index (χ0) is 24.9. The van der Waals surface area contributed by atoms with Gasteiger partial charge in [-0.15, -0.1) is 0 Å². The highest BCUT2D eigenvalue weighted by Gasteiger charge is 2.34. The summed E-state index contributed by atoms with van der Waals surface area (Å²) in [4.78, 5) is 32.0. The first-order valence-corrected chi connectivity index (χ1v) is 11.8. The van der Waals surface area contributed by atoms with Gasteiger partial charge in [-0.3, -0.25) is 9.59 Å². The van der Waals surface area contributed by atoms with Gasteiger partial charge in [0.15, 0.2) is 6.10 Å². The predicted molar refractivity (Wildman–Crippen MR) is 128 cm³/mol. The van der Waals surface area contributed by atoms with Crippen molar-refractivity contribution in [3.05, 3.63) is 59.7 Å². The Morgan fingerprint density at radius 3 is 2.71 bits per heavy atom. The minimum atomic E-state index is -0.800. The number of aryl methyl sites for hydroxylation is 2. The number of hydrogen-bond donors (Lipinski definition) is 1. The molecule has 4 rings (SSSR count). The lowest BCUT2D eigenvalue weighted by atomic mass is 10.1. The fourth-order valence-corrected chi connectivity index (χ4v) is 4.00. The SMILES string of the molecule is CCC(CC)NC(=O)C1CN(C(=O)CCc2nc(-c3ccc(F)c(C)c3)no2)c2ccccc2O1. The maximum atomic E-state index is 13.5. The number of anilines is 1. The van der Waals surface area contributed by atoms with Crippen LogP contribution >= 0.6 is 0 Å². The van der Waals surface area contributed by atoms with Crippen LogP contribution < -0.4 is 15.0 Å². The molecule has 8 nitrogen and oxygen atoms in total. The topological polar surface area (TPSA) is 97.6 Å². The summed E-state index contributed by atoms with van der Waals surface area (Å²) in [6.07, 6.45) is 1.18. The van der Waals surface area contributed by atoms with Crippen molar-refractivity contribution in [1.82, 2.24) is 15.5 Å². The number of aromatic nitrogens is 2. The van der Waals surface area contributed by atoms with E-state index in [1.165, 1.54) is 6.07 Å². The molecule has 1 unspecified atom stereocenters. The standard InChI is InChI=1S/C26H29FN4O4/c1-4-18(5-2)28-26(33)22-15-31(20-8-6-7-9-21(20)34-22)24(32)13-12-23-29-25(30-35-23)17-10-11-19(27)16(3)14-17/h6-11,14,18,22H,4-5,12-13,15H2,1-3H3,(H,28,33). The van der Waals surface area contributed by atoms with E-state index in [1.54, 1.807) is 42.2 Å². The van der Waals surface area contributed by atoms with E-state index in [4.69, 9.17) is 9.26 Å². The molecule has 1 atom stereocenters. The van der Waals surface area contributed by atoms with Gasteiger partial charge in [-0.2, -0.15) is 4.98 Å². The Labute approximate surface area is 203 Å². The lowest BCUT2D eigenvalue weighted by molar-refractivity contribution is -0.129. The Balaban J connectivity index is 1.45. The third-order valence-electron chi connectivity index (χ3n) is 6.14. The first-order chi connectivity index (χ1) is 16.9. The van der Waals surface area contributed by atoms with Gasteiger partial charge in [0.2, 0.25) is 17.6 Å². The molecule has 2 heterocycles. The molecule has 184 valence electrons. The zero-order valence-electron chi connectivity index (χ0n) is 20.1. The predicted octanol–water partition coefficient (Wildman–Crippen LogP) is 4.22. The number of nitrogens with one attached hydrogen (secondary N) is 1. The second-order valence-corrected chi connectivity index (χ2v) is 8.58. The number of fused-ring (bicyclic) bond motifs is 1. The normalized spacial score (nSPS) is 15.0. The first-order valence-electron chi connectivity index (χ1n) is 11.8. The molecule has 1 aliphatic heterocycles. The number of carbonyl (C=O) groups is 2. The third-order valence-corrected chi connectivity index (χ3v) is 6.14. The van der Waals surface area contributed by atoms with E-state index in [0.29, 0.717) is 34.3 Å². The summed E-state index contributed by atoms with van der Waals surface area (Å²) < 4.78 is 24.8. The van der Waals surface area contributed by atoms with Gasteiger partial charge in [0.1, 0.15) is 11.6 Å². The van der Waals surface area contributed by atoms with Gasteiger partial charge < -0.3 is 19.5 Å². The summed E-state index contributed by atoms with van der Waals surface area (Å²) in [6.45, 7) is 5.81. The van der Waals surface area contributed by atoms with Gasteiger partial charge in [0.25, 0.3) is 5.91 Å². The maximum Gasteiger partial charge on any atom is 0.263 e. The van der Waals surface area contributed by atoms with Crippen molar-refractivity contribution >= 4 is 17.5 Å². The molecular weight excluding hydrogens is 451 g/mol. The van der Waals surface area contributed by atoms with E-state index in [1.807, 2.05) is 19.9 Å². The van der Waals surface area contributed by atoms with Crippen LogP contribution in [0.4, 0.5) is 10.1 Å². The number of halogens is 1. The van der Waals surface area contributed by atoms with Crippen molar-refractivity contribution in [2.45, 2.75) is 58.6 Å². The third kappa shape index (κ3) is 5.50. The number of carbonyl (C=O) groups excluding carboxylic acids is 2. The second-order valence-electron chi connectivity index (χ2n) is 8.58. The number of ether oxygens (including phenoxy) is 1. The lowest BCUT2D eigenvalue weighted by Crippen LogP contribution is -2.52. The van der Waals surface area contributed by atoms with Crippen molar-refractivity contribution in [1.29, 1.82) is 0 Å². The minimum Gasteiger partial charge on any atom is -0.477 e. The molecule has 0 saturated heterocycles. The van der Waals surface area contributed by atoms with Crippen molar-refractivity contribution in [2.75, 3.05) is 11.4 Å². The molecule has 1 aliphatic rings. The van der Waals surface area contributed by atoms with E-state index in [-0.39, 0.29) is 43.1 Å². The molecule has 1 N–H and O–H groups in total. The van der Waals surface area contributed by atoms with Crippen LogP contribution in [0.2, 0.25) is 0 Å². The van der Waals surface area contributed by atoms with Crippen molar-refractivity contribution < 1.29 is 23.2 Å². The summed E-state index contributed by atoms with van der Waals surface area (Å²) in [5.41, 5.74) is 1.74. The van der Waals surface area contributed by atoms with E-state index in [0.717, 1.165) is 12.8 Å². The largest absolute Gasteiger partial charge is 0.477 e. The van der Waals surface area contributed by atoms with Crippen LogP contribution in [0.15, 0.2) is 47.0 Å². The number of benzene rings is 2. The van der Waals surface area contributed by atoms with Gasteiger partial charge in [-0.05, 0) is 55.7 Å². The molecule has 2 amide bonds. The Morgan fingerprint density at radius 2 is 1.97 bits per heavy atom. The number of rotatable bonds is 8. The fraction of sp³-hybridized carbons (Fsp3) is 0.385. The molecule has 2 aromatic carbocycles. The molecule has 35 heavy (non-hydrogen) atoms. The molecule has 0 bridgehead atoms. The molecule has 3 aromatic rings. The minimum absolute atomic E-state index is 0.0593. The Kier molecular flexibility index (Phi) is 7.43. The van der Waals surface area contributed by atoms with Crippen molar-refractivity contribution in [2.24, 2.45) is 0 Å². The fourth-order valence-electron chi connectivity index (χ4n) is 4.00. The highest BCUT2D eigenvalue weighted by atomic mass is 19.1. The second kappa shape index (κ2) is 10.7. The quantitative estimate of drug-likeness (QED) is 0.519. The lowest BCUT2D eigenvalue weighted by Gasteiger charge is -2.34. The molecule has 0 saturated carbocycles. The monoisotopic (exact) mass is 480 g/mol. The highest BCUT2D eigenvalue weighted by Crippen LogP contribution is 2.34. The van der Waals surface area contributed by atoms with Crippen LogP contribution in [-0.2, 0) is 16.0 Å².